The van der Waals surface area contributed by atoms with Crippen LogP contribution in [0.25, 0.3) is 11.4 Å². The Morgan fingerprint density at radius 1 is 0.676 bits per heavy atom. The minimum absolute atomic E-state index is 0.506. The van der Waals surface area contributed by atoms with Crippen LogP contribution < -0.4 is 4.74 Å². The topological polar surface area (TPSA) is 35.0 Å². The molecule has 2 rings (SSSR count). The average molecular weight is 467 g/mol. The van der Waals surface area contributed by atoms with Gasteiger partial charge in [0.25, 0.3) is 0 Å². The molecule has 0 unspecified atom stereocenters. The summed E-state index contributed by atoms with van der Waals surface area (Å²) in [5.41, 5.74) is 2.79. The first-order chi connectivity index (χ1) is 16.5. The lowest BCUT2D eigenvalue weighted by atomic mass is 9.82. The fourth-order valence-electron chi connectivity index (χ4n) is 4.47. The fraction of sp³-hybridized carbons (Fsp3) is 0.677. The molecule has 0 saturated heterocycles. The first-order valence-corrected chi connectivity index (χ1v) is 14.1. The maximum absolute atomic E-state index is 5.96. The smallest absolute Gasteiger partial charge is 0.159 e. The van der Waals surface area contributed by atoms with Crippen molar-refractivity contribution >= 4 is 0 Å². The van der Waals surface area contributed by atoms with E-state index in [2.05, 4.69) is 49.8 Å². The van der Waals surface area contributed by atoms with Crippen LogP contribution in [0.1, 0.15) is 123 Å². The highest BCUT2D eigenvalue weighted by Crippen LogP contribution is 2.30. The Kier molecular flexibility index (Phi) is 13.9. The molecule has 0 N–H and O–H groups in total. The van der Waals surface area contributed by atoms with E-state index in [0.717, 1.165) is 36.6 Å². The first kappa shape index (κ1) is 28.3. The van der Waals surface area contributed by atoms with Crippen LogP contribution in [0.15, 0.2) is 36.7 Å². The summed E-state index contributed by atoms with van der Waals surface area (Å²) in [6.07, 6.45) is 23.4. The summed E-state index contributed by atoms with van der Waals surface area (Å²) in [6, 6.07) is 8.21. The lowest BCUT2D eigenvalue weighted by molar-refractivity contribution is 0.277. The molecule has 0 atom stereocenters. The van der Waals surface area contributed by atoms with Crippen molar-refractivity contribution in [2.45, 2.75) is 124 Å². The summed E-state index contributed by atoms with van der Waals surface area (Å²) in [5, 5.41) is 0. The number of hydrogen-bond acceptors (Lipinski definition) is 3. The molecule has 0 radical (unpaired) electrons. The Balaban J connectivity index is 1.61. The Bertz CT molecular complexity index is 752. The number of nitrogens with zero attached hydrogens (tertiary/aromatic N) is 2. The molecule has 0 aliphatic carbocycles. The Morgan fingerprint density at radius 2 is 1.26 bits per heavy atom. The van der Waals surface area contributed by atoms with Crippen LogP contribution in [-0.4, -0.2) is 16.6 Å². The van der Waals surface area contributed by atoms with Crippen LogP contribution in [0, 0.1) is 5.41 Å². The van der Waals surface area contributed by atoms with Crippen molar-refractivity contribution in [3.8, 4) is 17.1 Å². The van der Waals surface area contributed by atoms with Gasteiger partial charge in [-0.05, 0) is 67.3 Å². The zero-order chi connectivity index (χ0) is 24.5. The number of aromatic nitrogens is 2. The van der Waals surface area contributed by atoms with Gasteiger partial charge in [0, 0.05) is 18.0 Å². The van der Waals surface area contributed by atoms with Gasteiger partial charge < -0.3 is 4.74 Å². The summed E-state index contributed by atoms with van der Waals surface area (Å²) in [6.45, 7) is 10.2. The molecular weight excluding hydrogens is 416 g/mol. The fourth-order valence-corrected chi connectivity index (χ4v) is 4.47. The summed E-state index contributed by atoms with van der Waals surface area (Å²) >= 11 is 0. The van der Waals surface area contributed by atoms with Gasteiger partial charge in [-0.1, -0.05) is 91.9 Å². The molecule has 1 heterocycles. The highest BCUT2D eigenvalue weighted by atomic mass is 16.5. The maximum Gasteiger partial charge on any atom is 0.159 e. The summed E-state index contributed by atoms with van der Waals surface area (Å²) in [4.78, 5) is 9.18. The molecular formula is C31H50N2O. The normalized spacial score (nSPS) is 11.6. The molecule has 0 spiro atoms. The van der Waals surface area contributed by atoms with Gasteiger partial charge in [-0.3, -0.25) is 0 Å². The molecule has 2 aromatic rings. The number of ether oxygens (including phenoxy) is 1. The quantitative estimate of drug-likeness (QED) is 0.193. The van der Waals surface area contributed by atoms with E-state index in [-0.39, 0.29) is 0 Å². The van der Waals surface area contributed by atoms with Gasteiger partial charge in [0.15, 0.2) is 5.82 Å². The van der Waals surface area contributed by atoms with E-state index in [0.29, 0.717) is 5.41 Å². The van der Waals surface area contributed by atoms with Crippen molar-refractivity contribution in [3.05, 3.63) is 42.2 Å². The molecule has 190 valence electrons. The second kappa shape index (κ2) is 16.7. The van der Waals surface area contributed by atoms with Crippen LogP contribution in [-0.2, 0) is 6.42 Å². The van der Waals surface area contributed by atoms with Crippen molar-refractivity contribution in [2.75, 3.05) is 6.61 Å². The summed E-state index contributed by atoms with van der Waals surface area (Å²) < 4.78 is 5.96. The van der Waals surface area contributed by atoms with Crippen molar-refractivity contribution in [2.24, 2.45) is 5.41 Å². The third-order valence-electron chi connectivity index (χ3n) is 6.86. The monoisotopic (exact) mass is 466 g/mol. The van der Waals surface area contributed by atoms with Gasteiger partial charge >= 0.3 is 0 Å². The predicted octanol–water partition coefficient (Wildman–Crippen LogP) is 9.59. The molecule has 0 fully saturated rings. The van der Waals surface area contributed by atoms with Crippen molar-refractivity contribution < 1.29 is 4.74 Å². The first-order valence-electron chi connectivity index (χ1n) is 14.1. The van der Waals surface area contributed by atoms with Gasteiger partial charge in [-0.25, -0.2) is 9.97 Å². The van der Waals surface area contributed by atoms with E-state index in [9.17, 15) is 0 Å². The van der Waals surface area contributed by atoms with E-state index in [4.69, 9.17) is 4.74 Å². The second-order valence-electron chi connectivity index (χ2n) is 10.7. The molecule has 0 aliphatic heterocycles. The van der Waals surface area contributed by atoms with Gasteiger partial charge in [0.2, 0.25) is 0 Å². The second-order valence-corrected chi connectivity index (χ2v) is 10.7. The number of benzene rings is 1. The minimum Gasteiger partial charge on any atom is -0.494 e. The number of aryl methyl sites for hydroxylation is 1. The SMILES string of the molecule is CCCCCCCCc1cnc(-c2ccc(OCCCCCCC(C)(C)CCCC)cc2)nc1. The third-order valence-corrected chi connectivity index (χ3v) is 6.86. The van der Waals surface area contributed by atoms with Gasteiger partial charge in [-0.15, -0.1) is 0 Å². The third kappa shape index (κ3) is 12.0. The lowest BCUT2D eigenvalue weighted by Crippen LogP contribution is -2.10. The van der Waals surface area contributed by atoms with Gasteiger partial charge in [0.1, 0.15) is 5.75 Å². The largest absolute Gasteiger partial charge is 0.494 e. The maximum atomic E-state index is 5.96. The van der Waals surface area contributed by atoms with E-state index < -0.39 is 0 Å². The van der Waals surface area contributed by atoms with E-state index in [1.54, 1.807) is 0 Å². The van der Waals surface area contributed by atoms with Crippen LogP contribution >= 0.6 is 0 Å². The van der Waals surface area contributed by atoms with E-state index in [1.165, 1.54) is 89.0 Å². The van der Waals surface area contributed by atoms with Crippen LogP contribution in [0.2, 0.25) is 0 Å². The lowest BCUT2D eigenvalue weighted by Gasteiger charge is -2.24. The Labute approximate surface area is 210 Å². The highest BCUT2D eigenvalue weighted by Gasteiger charge is 2.16. The van der Waals surface area contributed by atoms with Gasteiger partial charge in [-0.2, -0.15) is 0 Å². The molecule has 0 aliphatic rings. The molecule has 3 heteroatoms. The number of hydrogen-bond donors (Lipinski definition) is 0. The zero-order valence-corrected chi connectivity index (χ0v) is 22.6. The van der Waals surface area contributed by atoms with E-state index >= 15 is 0 Å². The van der Waals surface area contributed by atoms with Crippen molar-refractivity contribution in [1.82, 2.24) is 9.97 Å². The average Bonchev–Trinajstić information content (AvgIpc) is 2.85. The molecule has 1 aromatic carbocycles. The number of unbranched alkanes of at least 4 members (excludes halogenated alkanes) is 9. The number of rotatable bonds is 19. The molecule has 0 amide bonds. The van der Waals surface area contributed by atoms with Crippen LogP contribution in [0.3, 0.4) is 0 Å². The predicted molar refractivity (Wildman–Crippen MR) is 146 cm³/mol. The van der Waals surface area contributed by atoms with Crippen molar-refractivity contribution in [3.63, 3.8) is 0 Å². The standard InChI is InChI=1S/C31H50N2O/c1-5-7-9-10-11-14-17-27-25-32-30(33-26-27)28-18-20-29(21-19-28)34-24-16-13-12-15-23-31(3,4)22-8-6-2/h18-21,25-26H,5-17,22-24H2,1-4H3. The molecule has 3 nitrogen and oxygen atoms in total. The summed E-state index contributed by atoms with van der Waals surface area (Å²) in [7, 11) is 0. The van der Waals surface area contributed by atoms with Crippen LogP contribution in [0.4, 0.5) is 0 Å². The minimum atomic E-state index is 0.506. The molecule has 0 saturated carbocycles. The molecule has 0 bridgehead atoms. The molecule has 1 aromatic heterocycles. The highest BCUT2D eigenvalue weighted by molar-refractivity contribution is 5.55. The zero-order valence-electron chi connectivity index (χ0n) is 22.6. The summed E-state index contributed by atoms with van der Waals surface area (Å²) in [5.74, 6) is 1.73. The Morgan fingerprint density at radius 3 is 1.97 bits per heavy atom. The van der Waals surface area contributed by atoms with Gasteiger partial charge in [0.05, 0.1) is 6.61 Å². The Hall–Kier alpha value is -1.90. The van der Waals surface area contributed by atoms with E-state index in [1.807, 2.05) is 24.5 Å². The van der Waals surface area contributed by atoms with Crippen LogP contribution in [0.5, 0.6) is 5.75 Å². The van der Waals surface area contributed by atoms with Crippen molar-refractivity contribution in [1.29, 1.82) is 0 Å². The molecule has 34 heavy (non-hydrogen) atoms.